The molecule has 0 radical (unpaired) electrons. The molecular formula is C15H17NO2. The lowest BCUT2D eigenvalue weighted by Gasteiger charge is -2.14. The van der Waals surface area contributed by atoms with Crippen LogP contribution in [-0.4, -0.2) is 9.67 Å². The van der Waals surface area contributed by atoms with Crippen molar-refractivity contribution in [3.63, 3.8) is 0 Å². The number of benzene rings is 1. The van der Waals surface area contributed by atoms with E-state index < -0.39 is 0 Å². The summed E-state index contributed by atoms with van der Waals surface area (Å²) in [5, 5.41) is 9.44. The van der Waals surface area contributed by atoms with Crippen molar-refractivity contribution in [3.05, 3.63) is 51.8 Å². The zero-order valence-electron chi connectivity index (χ0n) is 10.9. The molecule has 0 fully saturated rings. The van der Waals surface area contributed by atoms with Crippen LogP contribution < -0.4 is 5.56 Å². The summed E-state index contributed by atoms with van der Waals surface area (Å²) in [5.41, 5.74) is 3.62. The quantitative estimate of drug-likeness (QED) is 0.881. The van der Waals surface area contributed by atoms with Gasteiger partial charge in [0.15, 0.2) is 0 Å². The summed E-state index contributed by atoms with van der Waals surface area (Å²) in [6, 6.07) is 9.00. The van der Waals surface area contributed by atoms with Crippen LogP contribution in [0.5, 0.6) is 5.75 Å². The zero-order chi connectivity index (χ0) is 13.3. The van der Waals surface area contributed by atoms with Gasteiger partial charge in [0.25, 0.3) is 5.56 Å². The van der Waals surface area contributed by atoms with Gasteiger partial charge in [-0.2, -0.15) is 0 Å². The van der Waals surface area contributed by atoms with Crippen LogP contribution >= 0.6 is 0 Å². The SMILES string of the molecule is CCn1c(-c2ccc(O)cc2C)ccc(C)c1=O. The number of aromatic nitrogens is 1. The highest BCUT2D eigenvalue weighted by atomic mass is 16.3. The number of pyridine rings is 1. The molecule has 0 aliphatic heterocycles. The molecule has 18 heavy (non-hydrogen) atoms. The van der Waals surface area contributed by atoms with Gasteiger partial charge < -0.3 is 9.67 Å². The van der Waals surface area contributed by atoms with Gasteiger partial charge in [-0.25, -0.2) is 0 Å². The number of phenolic OH excluding ortho intramolecular Hbond substituents is 1. The Kier molecular flexibility index (Phi) is 3.24. The summed E-state index contributed by atoms with van der Waals surface area (Å²) < 4.78 is 1.76. The molecule has 2 aromatic rings. The molecule has 3 heteroatoms. The molecule has 0 saturated heterocycles. The van der Waals surface area contributed by atoms with E-state index in [9.17, 15) is 9.90 Å². The average Bonchev–Trinajstić information content (AvgIpc) is 2.33. The van der Waals surface area contributed by atoms with E-state index >= 15 is 0 Å². The maximum atomic E-state index is 12.1. The number of aryl methyl sites for hydroxylation is 2. The third-order valence-electron chi connectivity index (χ3n) is 3.17. The van der Waals surface area contributed by atoms with Crippen LogP contribution in [0.25, 0.3) is 11.3 Å². The molecular weight excluding hydrogens is 226 g/mol. The van der Waals surface area contributed by atoms with E-state index in [0.29, 0.717) is 6.54 Å². The number of rotatable bonds is 2. The molecule has 0 aliphatic rings. The Hall–Kier alpha value is -2.03. The van der Waals surface area contributed by atoms with Crippen molar-refractivity contribution in [2.24, 2.45) is 0 Å². The molecule has 2 rings (SSSR count). The van der Waals surface area contributed by atoms with Crippen molar-refractivity contribution in [3.8, 4) is 17.0 Å². The van der Waals surface area contributed by atoms with Gasteiger partial charge in [-0.15, -0.1) is 0 Å². The number of hydrogen-bond donors (Lipinski definition) is 1. The van der Waals surface area contributed by atoms with E-state index in [1.165, 1.54) is 0 Å². The van der Waals surface area contributed by atoms with Gasteiger partial charge >= 0.3 is 0 Å². The van der Waals surface area contributed by atoms with Gasteiger partial charge in [0.05, 0.1) is 5.69 Å². The molecule has 0 saturated carbocycles. The van der Waals surface area contributed by atoms with E-state index in [1.54, 1.807) is 16.7 Å². The first-order valence-corrected chi connectivity index (χ1v) is 6.05. The van der Waals surface area contributed by atoms with Gasteiger partial charge in [0, 0.05) is 17.7 Å². The molecule has 94 valence electrons. The lowest BCUT2D eigenvalue weighted by atomic mass is 10.0. The second-order valence-electron chi connectivity index (χ2n) is 4.45. The minimum atomic E-state index is 0.0440. The number of hydrogen-bond acceptors (Lipinski definition) is 2. The summed E-state index contributed by atoms with van der Waals surface area (Å²) >= 11 is 0. The fourth-order valence-electron chi connectivity index (χ4n) is 2.17. The van der Waals surface area contributed by atoms with Crippen molar-refractivity contribution < 1.29 is 5.11 Å². The molecule has 0 aliphatic carbocycles. The summed E-state index contributed by atoms with van der Waals surface area (Å²) in [4.78, 5) is 12.1. The van der Waals surface area contributed by atoms with Gasteiger partial charge in [0.2, 0.25) is 0 Å². The van der Waals surface area contributed by atoms with E-state index in [4.69, 9.17) is 0 Å². The lowest BCUT2D eigenvalue weighted by molar-refractivity contribution is 0.475. The van der Waals surface area contributed by atoms with Gasteiger partial charge in [-0.3, -0.25) is 4.79 Å². The number of phenols is 1. The van der Waals surface area contributed by atoms with E-state index in [-0.39, 0.29) is 11.3 Å². The topological polar surface area (TPSA) is 42.2 Å². The van der Waals surface area contributed by atoms with E-state index in [1.807, 2.05) is 39.0 Å². The Bertz CT molecular complexity index is 641. The molecule has 1 heterocycles. The molecule has 0 atom stereocenters. The van der Waals surface area contributed by atoms with Crippen LogP contribution in [0.3, 0.4) is 0 Å². The van der Waals surface area contributed by atoms with E-state index in [2.05, 4.69) is 0 Å². The molecule has 0 amide bonds. The Labute approximate surface area is 106 Å². The molecule has 1 aromatic heterocycles. The van der Waals surface area contributed by atoms with E-state index in [0.717, 1.165) is 22.4 Å². The maximum Gasteiger partial charge on any atom is 0.253 e. The van der Waals surface area contributed by atoms with Crippen LogP contribution in [0.15, 0.2) is 35.1 Å². The summed E-state index contributed by atoms with van der Waals surface area (Å²) in [6.07, 6.45) is 0. The van der Waals surface area contributed by atoms with Crippen LogP contribution in [0.4, 0.5) is 0 Å². The molecule has 1 N–H and O–H groups in total. The largest absolute Gasteiger partial charge is 0.508 e. The smallest absolute Gasteiger partial charge is 0.253 e. The first-order chi connectivity index (χ1) is 8.54. The Morgan fingerprint density at radius 3 is 2.44 bits per heavy atom. The van der Waals surface area contributed by atoms with Crippen LogP contribution in [0, 0.1) is 13.8 Å². The minimum Gasteiger partial charge on any atom is -0.508 e. The summed E-state index contributed by atoms with van der Waals surface area (Å²) in [7, 11) is 0. The van der Waals surface area contributed by atoms with Crippen LogP contribution in [0.2, 0.25) is 0 Å². The monoisotopic (exact) mass is 243 g/mol. The molecule has 3 nitrogen and oxygen atoms in total. The Balaban J connectivity index is 2.71. The van der Waals surface area contributed by atoms with Crippen molar-refractivity contribution in [1.29, 1.82) is 0 Å². The maximum absolute atomic E-state index is 12.1. The normalized spacial score (nSPS) is 10.6. The molecule has 0 spiro atoms. The fourth-order valence-corrected chi connectivity index (χ4v) is 2.17. The van der Waals surface area contributed by atoms with Gasteiger partial charge in [-0.1, -0.05) is 6.07 Å². The van der Waals surface area contributed by atoms with Crippen molar-refractivity contribution in [2.75, 3.05) is 0 Å². The van der Waals surface area contributed by atoms with Crippen LogP contribution in [-0.2, 0) is 6.54 Å². The average molecular weight is 243 g/mol. The predicted octanol–water partition coefficient (Wildman–Crippen LogP) is 2.86. The van der Waals surface area contributed by atoms with Crippen LogP contribution in [0.1, 0.15) is 18.1 Å². The second kappa shape index (κ2) is 4.69. The lowest BCUT2D eigenvalue weighted by Crippen LogP contribution is -2.22. The standard InChI is InChI=1S/C15H17NO2/c1-4-16-14(8-5-10(2)15(16)18)13-7-6-12(17)9-11(13)3/h5-9,17H,4H2,1-3H3. The van der Waals surface area contributed by atoms with Gasteiger partial charge in [-0.05, 0) is 50.6 Å². The van der Waals surface area contributed by atoms with Gasteiger partial charge in [0.1, 0.15) is 5.75 Å². The highest BCUT2D eigenvalue weighted by Crippen LogP contribution is 2.25. The Morgan fingerprint density at radius 2 is 1.83 bits per heavy atom. The number of nitrogens with zero attached hydrogens (tertiary/aromatic N) is 1. The minimum absolute atomic E-state index is 0.0440. The second-order valence-corrected chi connectivity index (χ2v) is 4.45. The molecule has 0 bridgehead atoms. The third-order valence-corrected chi connectivity index (χ3v) is 3.17. The fraction of sp³-hybridized carbons (Fsp3) is 0.267. The predicted molar refractivity (Wildman–Crippen MR) is 73.0 cm³/mol. The molecule has 0 unspecified atom stereocenters. The zero-order valence-corrected chi connectivity index (χ0v) is 10.9. The first-order valence-electron chi connectivity index (χ1n) is 6.05. The molecule has 1 aromatic carbocycles. The van der Waals surface area contributed by atoms with Crippen molar-refractivity contribution >= 4 is 0 Å². The van der Waals surface area contributed by atoms with Crippen molar-refractivity contribution in [2.45, 2.75) is 27.3 Å². The third kappa shape index (κ3) is 2.04. The first kappa shape index (κ1) is 12.4. The highest BCUT2D eigenvalue weighted by Gasteiger charge is 2.09. The highest BCUT2D eigenvalue weighted by molar-refractivity contribution is 5.65. The summed E-state index contributed by atoms with van der Waals surface area (Å²) in [6.45, 7) is 6.34. The Morgan fingerprint density at radius 1 is 1.11 bits per heavy atom. The summed E-state index contributed by atoms with van der Waals surface area (Å²) in [5.74, 6) is 0.244. The van der Waals surface area contributed by atoms with Crippen molar-refractivity contribution in [1.82, 2.24) is 4.57 Å². The number of aromatic hydroxyl groups is 1.